The normalized spacial score (nSPS) is 12.3. The maximum absolute atomic E-state index is 10.4. The molecule has 0 aromatic heterocycles. The van der Waals surface area contributed by atoms with Crippen molar-refractivity contribution in [2.24, 2.45) is 0 Å². The molecule has 0 aliphatic carbocycles. The average molecular weight is 348 g/mol. The highest BCUT2D eigenvalue weighted by Crippen LogP contribution is 2.39. The first-order chi connectivity index (χ1) is 12.4. The molecule has 0 spiro atoms. The predicted octanol–water partition coefficient (Wildman–Crippen LogP) is 4.83. The van der Waals surface area contributed by atoms with Crippen LogP contribution in [0, 0.1) is 0 Å². The molecule has 0 aliphatic rings. The van der Waals surface area contributed by atoms with E-state index < -0.39 is 0 Å². The maximum atomic E-state index is 10.4. The number of benzene rings is 3. The van der Waals surface area contributed by atoms with E-state index in [9.17, 15) is 20.4 Å². The van der Waals surface area contributed by atoms with Crippen LogP contribution in [0.4, 0.5) is 0 Å². The lowest BCUT2D eigenvalue weighted by atomic mass is 9.90. The summed E-state index contributed by atoms with van der Waals surface area (Å²) in [6.07, 6.45) is 3.61. The van der Waals surface area contributed by atoms with Crippen molar-refractivity contribution in [1.82, 2.24) is 0 Å². The summed E-state index contributed by atoms with van der Waals surface area (Å²) in [5, 5.41) is 39.5. The average Bonchev–Trinajstić information content (AvgIpc) is 2.61. The van der Waals surface area contributed by atoms with Crippen LogP contribution in [0.3, 0.4) is 0 Å². The van der Waals surface area contributed by atoms with Gasteiger partial charge in [-0.3, -0.25) is 0 Å². The van der Waals surface area contributed by atoms with Crippen molar-refractivity contribution in [2.75, 3.05) is 0 Å². The Morgan fingerprint density at radius 3 is 1.65 bits per heavy atom. The van der Waals surface area contributed by atoms with Gasteiger partial charge in [0, 0.05) is 11.5 Å². The molecule has 132 valence electrons. The Morgan fingerprint density at radius 2 is 1.12 bits per heavy atom. The third kappa shape index (κ3) is 3.81. The minimum atomic E-state index is -0.231. The van der Waals surface area contributed by atoms with Crippen molar-refractivity contribution in [3.8, 4) is 23.0 Å². The minimum Gasteiger partial charge on any atom is -0.508 e. The van der Waals surface area contributed by atoms with Gasteiger partial charge in [-0.15, -0.1) is 0 Å². The summed E-state index contributed by atoms with van der Waals surface area (Å²) < 4.78 is 0. The van der Waals surface area contributed by atoms with E-state index in [0.717, 1.165) is 11.1 Å². The zero-order valence-electron chi connectivity index (χ0n) is 14.3. The summed E-state index contributed by atoms with van der Waals surface area (Å²) >= 11 is 0. The SMILES string of the molecule is CC(c1ccc(O)cc1)c1c(O)cc(C=Cc2ccc(O)cc2)cc1O. The smallest absolute Gasteiger partial charge is 0.123 e. The molecule has 1 atom stereocenters. The monoisotopic (exact) mass is 348 g/mol. The molecule has 3 aromatic carbocycles. The molecule has 0 aliphatic heterocycles. The van der Waals surface area contributed by atoms with Crippen LogP contribution in [0.1, 0.15) is 35.1 Å². The number of phenolic OH excluding ortho intramolecular Hbond substituents is 4. The molecule has 0 saturated carbocycles. The van der Waals surface area contributed by atoms with E-state index in [1.165, 1.54) is 0 Å². The molecule has 3 aromatic rings. The van der Waals surface area contributed by atoms with Crippen LogP contribution in [0.25, 0.3) is 12.2 Å². The quantitative estimate of drug-likeness (QED) is 0.509. The molecular weight excluding hydrogens is 328 g/mol. The standard InChI is InChI=1S/C22H20O4/c1-14(17-6-10-19(24)11-7-17)22-20(25)12-16(13-21(22)26)3-2-15-4-8-18(23)9-5-15/h2-14,23-26H,1H3. The number of aromatic hydroxyl groups is 4. The lowest BCUT2D eigenvalue weighted by Gasteiger charge is -2.16. The Morgan fingerprint density at radius 1 is 0.654 bits per heavy atom. The van der Waals surface area contributed by atoms with Crippen molar-refractivity contribution in [3.63, 3.8) is 0 Å². The third-order valence-electron chi connectivity index (χ3n) is 4.35. The molecule has 0 bridgehead atoms. The molecule has 0 saturated heterocycles. The van der Waals surface area contributed by atoms with Crippen LogP contribution >= 0.6 is 0 Å². The van der Waals surface area contributed by atoms with Crippen LogP contribution in [0.2, 0.25) is 0 Å². The van der Waals surface area contributed by atoms with Crippen LogP contribution in [0.5, 0.6) is 23.0 Å². The van der Waals surface area contributed by atoms with Gasteiger partial charge in [0.15, 0.2) is 0 Å². The summed E-state index contributed by atoms with van der Waals surface area (Å²) in [6.45, 7) is 1.88. The van der Waals surface area contributed by atoms with Crippen LogP contribution < -0.4 is 0 Å². The largest absolute Gasteiger partial charge is 0.508 e. The number of rotatable bonds is 4. The van der Waals surface area contributed by atoms with Gasteiger partial charge < -0.3 is 20.4 Å². The Kier molecular flexibility index (Phi) is 4.85. The summed E-state index contributed by atoms with van der Waals surface area (Å²) in [5.41, 5.74) is 2.87. The topological polar surface area (TPSA) is 80.9 Å². The predicted molar refractivity (Wildman–Crippen MR) is 102 cm³/mol. The molecule has 0 amide bonds. The van der Waals surface area contributed by atoms with Crippen molar-refractivity contribution >= 4 is 12.2 Å². The van der Waals surface area contributed by atoms with Crippen LogP contribution in [-0.4, -0.2) is 20.4 Å². The van der Waals surface area contributed by atoms with Crippen molar-refractivity contribution in [1.29, 1.82) is 0 Å². The fourth-order valence-electron chi connectivity index (χ4n) is 2.89. The van der Waals surface area contributed by atoms with Gasteiger partial charge in [0.05, 0.1) is 0 Å². The summed E-state index contributed by atoms with van der Waals surface area (Å²) in [4.78, 5) is 0. The van der Waals surface area contributed by atoms with Gasteiger partial charge in [-0.2, -0.15) is 0 Å². The zero-order chi connectivity index (χ0) is 18.7. The van der Waals surface area contributed by atoms with Gasteiger partial charge in [0.25, 0.3) is 0 Å². The highest BCUT2D eigenvalue weighted by Gasteiger charge is 2.18. The Labute approximate surface area is 151 Å². The first kappa shape index (κ1) is 17.4. The Bertz CT molecular complexity index is 902. The minimum absolute atomic E-state index is 0.0101. The van der Waals surface area contributed by atoms with Crippen LogP contribution in [0.15, 0.2) is 60.7 Å². The van der Waals surface area contributed by atoms with Gasteiger partial charge in [0.1, 0.15) is 23.0 Å². The number of phenols is 4. The molecular formula is C22H20O4. The maximum Gasteiger partial charge on any atom is 0.123 e. The van der Waals surface area contributed by atoms with Gasteiger partial charge in [-0.05, 0) is 53.1 Å². The number of hydrogen-bond donors (Lipinski definition) is 4. The second-order valence-electron chi connectivity index (χ2n) is 6.21. The Hall–Kier alpha value is -3.40. The van der Waals surface area contributed by atoms with Gasteiger partial charge in [-0.25, -0.2) is 0 Å². The highest BCUT2D eigenvalue weighted by atomic mass is 16.3. The van der Waals surface area contributed by atoms with E-state index >= 15 is 0 Å². The lowest BCUT2D eigenvalue weighted by molar-refractivity contribution is 0.435. The number of hydrogen-bond acceptors (Lipinski definition) is 4. The van der Waals surface area contributed by atoms with Crippen molar-refractivity contribution < 1.29 is 20.4 Å². The van der Waals surface area contributed by atoms with E-state index in [4.69, 9.17) is 0 Å². The molecule has 4 nitrogen and oxygen atoms in total. The lowest BCUT2D eigenvalue weighted by Crippen LogP contribution is -1.97. The van der Waals surface area contributed by atoms with Crippen molar-refractivity contribution in [3.05, 3.63) is 82.9 Å². The van der Waals surface area contributed by atoms with E-state index in [0.29, 0.717) is 11.1 Å². The summed E-state index contributed by atoms with van der Waals surface area (Å²) in [5.74, 6) is 0.159. The third-order valence-corrected chi connectivity index (χ3v) is 4.35. The first-order valence-corrected chi connectivity index (χ1v) is 8.26. The molecule has 0 fully saturated rings. The first-order valence-electron chi connectivity index (χ1n) is 8.26. The molecule has 3 rings (SSSR count). The van der Waals surface area contributed by atoms with E-state index in [1.807, 2.05) is 13.0 Å². The zero-order valence-corrected chi connectivity index (χ0v) is 14.3. The molecule has 26 heavy (non-hydrogen) atoms. The molecule has 0 heterocycles. The Balaban J connectivity index is 1.88. The second-order valence-corrected chi connectivity index (χ2v) is 6.21. The van der Waals surface area contributed by atoms with Gasteiger partial charge in [0.2, 0.25) is 0 Å². The van der Waals surface area contributed by atoms with E-state index in [2.05, 4.69) is 0 Å². The second kappa shape index (κ2) is 7.23. The molecule has 1 unspecified atom stereocenters. The fraction of sp³-hybridized carbons (Fsp3) is 0.0909. The summed E-state index contributed by atoms with van der Waals surface area (Å²) in [7, 11) is 0. The molecule has 0 radical (unpaired) electrons. The van der Waals surface area contributed by atoms with E-state index in [-0.39, 0.29) is 28.9 Å². The molecule has 4 N–H and O–H groups in total. The fourth-order valence-corrected chi connectivity index (χ4v) is 2.89. The van der Waals surface area contributed by atoms with Crippen LogP contribution in [-0.2, 0) is 0 Å². The van der Waals surface area contributed by atoms with Crippen molar-refractivity contribution in [2.45, 2.75) is 12.8 Å². The van der Waals surface area contributed by atoms with Gasteiger partial charge >= 0.3 is 0 Å². The highest BCUT2D eigenvalue weighted by molar-refractivity contribution is 5.72. The summed E-state index contributed by atoms with van der Waals surface area (Å²) in [6, 6.07) is 16.6. The van der Waals surface area contributed by atoms with E-state index in [1.54, 1.807) is 66.7 Å². The molecule has 4 heteroatoms. The van der Waals surface area contributed by atoms with Gasteiger partial charge in [-0.1, -0.05) is 43.3 Å².